The molecule has 1 unspecified atom stereocenters. The molecule has 1 heterocycles. The Morgan fingerprint density at radius 1 is 1.24 bits per heavy atom. The molecule has 1 atom stereocenters. The molecule has 1 aliphatic rings. The van der Waals surface area contributed by atoms with Gasteiger partial charge in [0.15, 0.2) is 0 Å². The number of likely N-dealkylation sites (tertiary alicyclic amines) is 1. The zero-order valence-corrected chi connectivity index (χ0v) is 11.7. The van der Waals surface area contributed by atoms with Crippen molar-refractivity contribution in [3.63, 3.8) is 0 Å². The first-order valence-electron chi connectivity index (χ1n) is 7.01. The summed E-state index contributed by atoms with van der Waals surface area (Å²) >= 11 is 0. The number of hydrogen-bond acceptors (Lipinski definition) is 4. The van der Waals surface area contributed by atoms with Crippen LogP contribution in [0.25, 0.3) is 0 Å². The fraction of sp³-hybridized carbons (Fsp3) is 0.400. The molecule has 1 aliphatic heterocycles. The first-order chi connectivity index (χ1) is 10.2. The molecular weight excluding hydrogens is 270 g/mol. The van der Waals surface area contributed by atoms with E-state index in [1.54, 1.807) is 24.3 Å². The quantitative estimate of drug-likeness (QED) is 0.619. The third-order valence-electron chi connectivity index (χ3n) is 3.45. The van der Waals surface area contributed by atoms with Gasteiger partial charge in [0, 0.05) is 18.0 Å². The summed E-state index contributed by atoms with van der Waals surface area (Å²) < 4.78 is 0. The van der Waals surface area contributed by atoms with Gasteiger partial charge in [0.1, 0.15) is 6.29 Å². The predicted octanol–water partition coefficient (Wildman–Crippen LogP) is 0.359. The standard InChI is InChI=1S/C15H19N3O3/c19-11-12-5-4-8-18(9-12)10-14(20)16-17-15(21)13-6-2-1-3-7-13/h1-3,6-7,11-12H,4-5,8-10H2,(H,16,20)(H,17,21). The second-order valence-electron chi connectivity index (χ2n) is 5.14. The summed E-state index contributed by atoms with van der Waals surface area (Å²) in [6.07, 6.45) is 2.74. The Morgan fingerprint density at radius 2 is 2.00 bits per heavy atom. The molecule has 2 rings (SSSR count). The molecule has 1 fully saturated rings. The van der Waals surface area contributed by atoms with E-state index in [2.05, 4.69) is 10.9 Å². The van der Waals surface area contributed by atoms with E-state index < -0.39 is 0 Å². The minimum Gasteiger partial charge on any atom is -0.303 e. The van der Waals surface area contributed by atoms with Gasteiger partial charge in [-0.05, 0) is 31.5 Å². The number of nitrogens with zero attached hydrogens (tertiary/aromatic N) is 1. The monoisotopic (exact) mass is 289 g/mol. The van der Waals surface area contributed by atoms with Gasteiger partial charge < -0.3 is 4.79 Å². The topological polar surface area (TPSA) is 78.5 Å². The van der Waals surface area contributed by atoms with Crippen LogP contribution in [0.1, 0.15) is 23.2 Å². The Balaban J connectivity index is 1.75. The second-order valence-corrected chi connectivity index (χ2v) is 5.14. The van der Waals surface area contributed by atoms with Crippen LogP contribution in [-0.2, 0) is 9.59 Å². The van der Waals surface area contributed by atoms with Crippen molar-refractivity contribution in [2.24, 2.45) is 5.92 Å². The van der Waals surface area contributed by atoms with Crippen LogP contribution in [0.15, 0.2) is 30.3 Å². The van der Waals surface area contributed by atoms with Gasteiger partial charge in [0.2, 0.25) is 0 Å². The minimum atomic E-state index is -0.353. The van der Waals surface area contributed by atoms with E-state index in [9.17, 15) is 14.4 Å². The van der Waals surface area contributed by atoms with E-state index >= 15 is 0 Å². The lowest BCUT2D eigenvalue weighted by Gasteiger charge is -2.29. The summed E-state index contributed by atoms with van der Waals surface area (Å²) in [5, 5.41) is 0. The molecule has 0 spiro atoms. The Hall–Kier alpha value is -2.21. The van der Waals surface area contributed by atoms with Crippen LogP contribution in [0, 0.1) is 5.92 Å². The number of carbonyl (C=O) groups is 3. The number of amides is 2. The zero-order valence-electron chi connectivity index (χ0n) is 11.7. The van der Waals surface area contributed by atoms with Crippen molar-refractivity contribution in [3.8, 4) is 0 Å². The van der Waals surface area contributed by atoms with E-state index in [4.69, 9.17) is 0 Å². The third kappa shape index (κ3) is 4.68. The van der Waals surface area contributed by atoms with Gasteiger partial charge in [-0.3, -0.25) is 25.3 Å². The number of aldehydes is 1. The lowest BCUT2D eigenvalue weighted by molar-refractivity contribution is -0.124. The first-order valence-corrected chi connectivity index (χ1v) is 7.01. The maximum Gasteiger partial charge on any atom is 0.269 e. The number of piperidine rings is 1. The van der Waals surface area contributed by atoms with Crippen LogP contribution in [0.4, 0.5) is 0 Å². The van der Waals surface area contributed by atoms with Gasteiger partial charge in [0.25, 0.3) is 11.8 Å². The van der Waals surface area contributed by atoms with Crippen LogP contribution in [0.2, 0.25) is 0 Å². The van der Waals surface area contributed by atoms with Crippen molar-refractivity contribution >= 4 is 18.1 Å². The molecule has 6 heteroatoms. The molecule has 21 heavy (non-hydrogen) atoms. The van der Waals surface area contributed by atoms with Crippen molar-refractivity contribution in [1.29, 1.82) is 0 Å². The third-order valence-corrected chi connectivity index (χ3v) is 3.45. The van der Waals surface area contributed by atoms with Crippen LogP contribution >= 0.6 is 0 Å². The Kier molecular flexibility index (Phi) is 5.45. The number of hydrazine groups is 1. The number of hydrogen-bond donors (Lipinski definition) is 2. The highest BCUT2D eigenvalue weighted by molar-refractivity contribution is 5.95. The van der Waals surface area contributed by atoms with Crippen molar-refractivity contribution in [2.75, 3.05) is 19.6 Å². The number of rotatable bonds is 4. The molecule has 1 aromatic rings. The van der Waals surface area contributed by atoms with Crippen LogP contribution in [0.5, 0.6) is 0 Å². The van der Waals surface area contributed by atoms with Crippen molar-refractivity contribution < 1.29 is 14.4 Å². The van der Waals surface area contributed by atoms with Crippen LogP contribution < -0.4 is 10.9 Å². The van der Waals surface area contributed by atoms with Gasteiger partial charge >= 0.3 is 0 Å². The molecule has 0 aromatic heterocycles. The average molecular weight is 289 g/mol. The molecule has 112 valence electrons. The fourth-order valence-corrected chi connectivity index (χ4v) is 2.38. The molecular formula is C15H19N3O3. The van der Waals surface area contributed by atoms with Crippen LogP contribution in [-0.4, -0.2) is 42.6 Å². The smallest absolute Gasteiger partial charge is 0.269 e. The molecule has 0 radical (unpaired) electrons. The summed E-state index contributed by atoms with van der Waals surface area (Å²) in [4.78, 5) is 36.2. The van der Waals surface area contributed by atoms with E-state index in [1.807, 2.05) is 11.0 Å². The van der Waals surface area contributed by atoms with Gasteiger partial charge in [-0.15, -0.1) is 0 Å². The Morgan fingerprint density at radius 3 is 2.71 bits per heavy atom. The molecule has 6 nitrogen and oxygen atoms in total. The first kappa shape index (κ1) is 15.2. The molecule has 0 saturated carbocycles. The van der Waals surface area contributed by atoms with E-state index in [0.29, 0.717) is 12.1 Å². The van der Waals surface area contributed by atoms with Crippen molar-refractivity contribution in [2.45, 2.75) is 12.8 Å². The summed E-state index contributed by atoms with van der Waals surface area (Å²) in [5.41, 5.74) is 5.25. The van der Waals surface area contributed by atoms with Gasteiger partial charge in [-0.25, -0.2) is 0 Å². The summed E-state index contributed by atoms with van der Waals surface area (Å²) in [7, 11) is 0. The lowest BCUT2D eigenvalue weighted by atomic mass is 10.00. The van der Waals surface area contributed by atoms with Gasteiger partial charge in [0.05, 0.1) is 6.54 Å². The Labute approximate surface area is 123 Å². The fourth-order valence-electron chi connectivity index (χ4n) is 2.38. The van der Waals surface area contributed by atoms with E-state index in [1.165, 1.54) is 0 Å². The highest BCUT2D eigenvalue weighted by Gasteiger charge is 2.21. The van der Waals surface area contributed by atoms with Gasteiger partial charge in [-0.1, -0.05) is 18.2 Å². The maximum atomic E-state index is 11.8. The van der Waals surface area contributed by atoms with Crippen molar-refractivity contribution in [1.82, 2.24) is 15.8 Å². The molecule has 1 aromatic carbocycles. The Bertz CT molecular complexity index is 504. The van der Waals surface area contributed by atoms with Crippen molar-refractivity contribution in [3.05, 3.63) is 35.9 Å². The number of nitrogens with one attached hydrogen (secondary N) is 2. The largest absolute Gasteiger partial charge is 0.303 e. The lowest BCUT2D eigenvalue weighted by Crippen LogP contribution is -2.48. The number of benzene rings is 1. The highest BCUT2D eigenvalue weighted by atomic mass is 16.2. The average Bonchev–Trinajstić information content (AvgIpc) is 2.53. The highest BCUT2D eigenvalue weighted by Crippen LogP contribution is 2.13. The summed E-state index contributed by atoms with van der Waals surface area (Å²) in [6, 6.07) is 8.66. The SMILES string of the molecule is O=CC1CCCN(CC(=O)NNC(=O)c2ccccc2)C1. The maximum absolute atomic E-state index is 11.8. The zero-order chi connectivity index (χ0) is 15.1. The van der Waals surface area contributed by atoms with Gasteiger partial charge in [-0.2, -0.15) is 0 Å². The van der Waals surface area contributed by atoms with E-state index in [0.717, 1.165) is 25.7 Å². The molecule has 1 saturated heterocycles. The predicted molar refractivity (Wildman–Crippen MR) is 77.3 cm³/mol. The second kappa shape index (κ2) is 7.54. The summed E-state index contributed by atoms with van der Waals surface area (Å²) in [5.74, 6) is -0.635. The normalized spacial score (nSPS) is 18.8. The molecule has 0 bridgehead atoms. The molecule has 2 amide bonds. The molecule has 2 N–H and O–H groups in total. The van der Waals surface area contributed by atoms with E-state index in [-0.39, 0.29) is 24.3 Å². The van der Waals surface area contributed by atoms with Crippen LogP contribution in [0.3, 0.4) is 0 Å². The number of carbonyl (C=O) groups excluding carboxylic acids is 3. The summed E-state index contributed by atoms with van der Waals surface area (Å²) in [6.45, 7) is 1.58. The molecule has 0 aliphatic carbocycles. The minimum absolute atomic E-state index is 0.00506.